The molecule has 2 aromatic carbocycles. The van der Waals surface area contributed by atoms with E-state index in [4.69, 9.17) is 4.74 Å². The Morgan fingerprint density at radius 3 is 2.37 bits per heavy atom. The molecule has 4 amide bonds. The van der Waals surface area contributed by atoms with Crippen LogP contribution >= 0.6 is 0 Å². The number of ether oxygens (including phenoxy) is 1. The zero-order chi connectivity index (χ0) is 25.2. The Balaban J connectivity index is 1.63. The summed E-state index contributed by atoms with van der Waals surface area (Å²) in [6, 6.07) is 14.2. The van der Waals surface area contributed by atoms with Crippen LogP contribution < -0.4 is 16.0 Å². The average Bonchev–Trinajstić information content (AvgIpc) is 2.86. The molecule has 0 saturated carbocycles. The smallest absolute Gasteiger partial charge is 0.321 e. The summed E-state index contributed by atoms with van der Waals surface area (Å²) >= 11 is 0. The first-order valence-corrected chi connectivity index (χ1v) is 12.1. The minimum atomic E-state index is -0.674. The largest absolute Gasteiger partial charge is 0.385 e. The first-order valence-electron chi connectivity index (χ1n) is 12.1. The minimum absolute atomic E-state index is 0.0752. The van der Waals surface area contributed by atoms with Crippen molar-refractivity contribution in [1.29, 1.82) is 0 Å². The number of methoxy groups -OCH3 is 1. The maximum atomic E-state index is 13.1. The SMILES string of the molecule is COCCCNC(=O)[C@H](NC(=O)c1ccccc1C)C1CCN(C(=O)Nc2ccc(C)cc2)CC1. The number of rotatable bonds is 9. The second-order valence-electron chi connectivity index (χ2n) is 9.02. The van der Waals surface area contributed by atoms with Crippen molar-refractivity contribution in [2.75, 3.05) is 38.7 Å². The normalized spacial score (nSPS) is 14.8. The Morgan fingerprint density at radius 1 is 1.03 bits per heavy atom. The molecule has 8 heteroatoms. The lowest BCUT2D eigenvalue weighted by Crippen LogP contribution is -2.54. The number of urea groups is 1. The van der Waals surface area contributed by atoms with Crippen molar-refractivity contribution in [1.82, 2.24) is 15.5 Å². The molecule has 1 atom stereocenters. The lowest BCUT2D eigenvalue weighted by Gasteiger charge is -2.35. The van der Waals surface area contributed by atoms with Crippen LogP contribution in [0.5, 0.6) is 0 Å². The van der Waals surface area contributed by atoms with E-state index in [1.54, 1.807) is 18.1 Å². The molecule has 0 bridgehead atoms. The molecule has 1 saturated heterocycles. The van der Waals surface area contributed by atoms with Gasteiger partial charge in [0.15, 0.2) is 0 Å². The quantitative estimate of drug-likeness (QED) is 0.478. The van der Waals surface area contributed by atoms with Crippen LogP contribution in [0.25, 0.3) is 0 Å². The number of likely N-dealkylation sites (tertiary alicyclic amines) is 1. The van der Waals surface area contributed by atoms with Gasteiger partial charge in [-0.2, -0.15) is 0 Å². The van der Waals surface area contributed by atoms with Crippen LogP contribution in [0.1, 0.15) is 40.7 Å². The van der Waals surface area contributed by atoms with Crippen molar-refractivity contribution in [3.8, 4) is 0 Å². The van der Waals surface area contributed by atoms with E-state index in [-0.39, 0.29) is 23.8 Å². The summed E-state index contributed by atoms with van der Waals surface area (Å²) < 4.78 is 5.05. The number of carbonyl (C=O) groups is 3. The fraction of sp³-hybridized carbons (Fsp3) is 0.444. The third kappa shape index (κ3) is 7.55. The van der Waals surface area contributed by atoms with Crippen molar-refractivity contribution < 1.29 is 19.1 Å². The maximum absolute atomic E-state index is 13.1. The molecule has 0 radical (unpaired) electrons. The molecule has 8 nitrogen and oxygen atoms in total. The van der Waals surface area contributed by atoms with Gasteiger partial charge in [0.1, 0.15) is 6.04 Å². The van der Waals surface area contributed by atoms with Crippen LogP contribution in [0, 0.1) is 19.8 Å². The summed E-state index contributed by atoms with van der Waals surface area (Å²) in [5.41, 5.74) is 3.29. The molecule has 0 aliphatic carbocycles. The summed E-state index contributed by atoms with van der Waals surface area (Å²) in [5, 5.41) is 8.83. The number of anilines is 1. The lowest BCUT2D eigenvalue weighted by atomic mass is 9.88. The summed E-state index contributed by atoms with van der Waals surface area (Å²) in [4.78, 5) is 40.6. The van der Waals surface area contributed by atoms with Crippen LogP contribution in [0.3, 0.4) is 0 Å². The molecule has 0 unspecified atom stereocenters. The van der Waals surface area contributed by atoms with Crippen LogP contribution in [-0.2, 0) is 9.53 Å². The van der Waals surface area contributed by atoms with E-state index < -0.39 is 6.04 Å². The Hall–Kier alpha value is -3.39. The minimum Gasteiger partial charge on any atom is -0.385 e. The number of benzene rings is 2. The number of hydrogen-bond donors (Lipinski definition) is 3. The Kier molecular flexibility index (Phi) is 9.66. The standard InChI is InChI=1S/C27H36N4O4/c1-19-9-11-22(12-10-19)29-27(34)31-16-13-21(14-17-31)24(26(33)28-15-6-18-35-3)30-25(32)23-8-5-4-7-20(23)2/h4-5,7-12,21,24H,6,13-18H2,1-3H3,(H,28,33)(H,29,34)(H,30,32)/t24-/m1/s1. The maximum Gasteiger partial charge on any atom is 0.321 e. The number of piperidine rings is 1. The van der Waals surface area contributed by atoms with Gasteiger partial charge in [-0.1, -0.05) is 35.9 Å². The van der Waals surface area contributed by atoms with E-state index in [9.17, 15) is 14.4 Å². The van der Waals surface area contributed by atoms with E-state index in [1.165, 1.54) is 0 Å². The summed E-state index contributed by atoms with van der Waals surface area (Å²) in [7, 11) is 1.62. The number of aryl methyl sites for hydroxylation is 2. The van der Waals surface area contributed by atoms with Crippen LogP contribution in [0.15, 0.2) is 48.5 Å². The number of carbonyl (C=O) groups excluding carboxylic acids is 3. The number of nitrogens with zero attached hydrogens (tertiary/aromatic N) is 1. The Labute approximate surface area is 207 Å². The van der Waals surface area contributed by atoms with Crippen molar-refractivity contribution in [3.63, 3.8) is 0 Å². The third-order valence-corrected chi connectivity index (χ3v) is 6.38. The number of hydrogen-bond acceptors (Lipinski definition) is 4. The second kappa shape index (κ2) is 12.9. The van der Waals surface area contributed by atoms with E-state index in [2.05, 4.69) is 16.0 Å². The third-order valence-electron chi connectivity index (χ3n) is 6.38. The van der Waals surface area contributed by atoms with Crippen molar-refractivity contribution in [2.24, 2.45) is 5.92 Å². The highest BCUT2D eigenvalue weighted by molar-refractivity contribution is 5.98. The molecule has 3 rings (SSSR count). The molecular weight excluding hydrogens is 444 g/mol. The molecule has 35 heavy (non-hydrogen) atoms. The van der Waals surface area contributed by atoms with Crippen LogP contribution in [0.4, 0.5) is 10.5 Å². The highest BCUT2D eigenvalue weighted by Crippen LogP contribution is 2.23. The van der Waals surface area contributed by atoms with Gasteiger partial charge < -0.3 is 25.6 Å². The first-order chi connectivity index (χ1) is 16.9. The monoisotopic (exact) mass is 480 g/mol. The number of amides is 4. The fourth-order valence-electron chi connectivity index (χ4n) is 4.26. The fourth-order valence-corrected chi connectivity index (χ4v) is 4.26. The van der Waals surface area contributed by atoms with Gasteiger partial charge in [0, 0.05) is 44.6 Å². The molecule has 0 aromatic heterocycles. The molecule has 1 aliphatic heterocycles. The Bertz CT molecular complexity index is 1000. The predicted octanol–water partition coefficient (Wildman–Crippen LogP) is 3.50. The van der Waals surface area contributed by atoms with Crippen LogP contribution in [0.2, 0.25) is 0 Å². The van der Waals surface area contributed by atoms with E-state index in [1.807, 2.05) is 56.3 Å². The highest BCUT2D eigenvalue weighted by atomic mass is 16.5. The van der Waals surface area contributed by atoms with Crippen molar-refractivity contribution >= 4 is 23.5 Å². The van der Waals surface area contributed by atoms with Gasteiger partial charge >= 0.3 is 6.03 Å². The van der Waals surface area contributed by atoms with Gasteiger partial charge in [0.2, 0.25) is 5.91 Å². The molecule has 2 aromatic rings. The molecule has 188 valence electrons. The predicted molar refractivity (Wildman–Crippen MR) is 136 cm³/mol. The molecular formula is C27H36N4O4. The Morgan fingerprint density at radius 2 is 1.71 bits per heavy atom. The van der Waals surface area contributed by atoms with Crippen molar-refractivity contribution in [3.05, 3.63) is 65.2 Å². The highest BCUT2D eigenvalue weighted by Gasteiger charge is 2.34. The molecule has 3 N–H and O–H groups in total. The van der Waals surface area contributed by atoms with Gasteiger partial charge in [0.05, 0.1) is 0 Å². The van der Waals surface area contributed by atoms with Gasteiger partial charge in [-0.15, -0.1) is 0 Å². The summed E-state index contributed by atoms with van der Waals surface area (Å²) in [5.74, 6) is -0.543. The van der Waals surface area contributed by atoms with Gasteiger partial charge in [-0.3, -0.25) is 9.59 Å². The summed E-state index contributed by atoms with van der Waals surface area (Å²) in [6.45, 7) is 5.92. The van der Waals surface area contributed by atoms with Gasteiger partial charge in [0.25, 0.3) is 5.91 Å². The lowest BCUT2D eigenvalue weighted by molar-refractivity contribution is -0.124. The molecule has 0 spiro atoms. The zero-order valence-electron chi connectivity index (χ0n) is 20.8. The topological polar surface area (TPSA) is 99.8 Å². The second-order valence-corrected chi connectivity index (χ2v) is 9.02. The average molecular weight is 481 g/mol. The molecule has 1 fully saturated rings. The van der Waals surface area contributed by atoms with E-state index in [0.717, 1.165) is 16.8 Å². The van der Waals surface area contributed by atoms with E-state index >= 15 is 0 Å². The molecule has 1 aliphatic rings. The van der Waals surface area contributed by atoms with Gasteiger partial charge in [-0.05, 0) is 62.8 Å². The van der Waals surface area contributed by atoms with Crippen molar-refractivity contribution in [2.45, 2.75) is 39.2 Å². The number of nitrogens with one attached hydrogen (secondary N) is 3. The molecule has 1 heterocycles. The zero-order valence-corrected chi connectivity index (χ0v) is 20.8. The first kappa shape index (κ1) is 26.2. The summed E-state index contributed by atoms with van der Waals surface area (Å²) in [6.07, 6.45) is 1.93. The van der Waals surface area contributed by atoms with E-state index in [0.29, 0.717) is 51.1 Å². The van der Waals surface area contributed by atoms with Crippen LogP contribution in [-0.4, -0.2) is 62.1 Å². The van der Waals surface area contributed by atoms with Gasteiger partial charge in [-0.25, -0.2) is 4.79 Å².